The Labute approximate surface area is 140 Å². The lowest BCUT2D eigenvalue weighted by atomic mass is 10.1. The molecule has 0 radical (unpaired) electrons. The highest BCUT2D eigenvalue weighted by molar-refractivity contribution is 6.04. The number of carbonyl (C=O) groups excluding carboxylic acids is 1. The Morgan fingerprint density at radius 1 is 1.00 bits per heavy atom. The maximum Gasteiger partial charge on any atom is 0.340 e. The zero-order chi connectivity index (χ0) is 16.9. The molecule has 2 aromatic carbocycles. The van der Waals surface area contributed by atoms with Gasteiger partial charge >= 0.3 is 5.97 Å². The van der Waals surface area contributed by atoms with Crippen LogP contribution in [-0.2, 0) is 4.74 Å². The molecule has 0 N–H and O–H groups in total. The molecular weight excluding hydrogens is 302 g/mol. The van der Waals surface area contributed by atoms with Crippen molar-refractivity contribution in [3.05, 3.63) is 76.7 Å². The lowest BCUT2D eigenvalue weighted by Gasteiger charge is -2.12. The lowest BCUT2D eigenvalue weighted by molar-refractivity contribution is 0.0501. The Bertz CT molecular complexity index is 913. The summed E-state index contributed by atoms with van der Waals surface area (Å²) in [5.41, 5.74) is 0.975. The number of fused-ring (bicyclic) bond motifs is 1. The molecule has 4 heteroatoms. The predicted octanol–water partition coefficient (Wildman–Crippen LogP) is 3.95. The van der Waals surface area contributed by atoms with Gasteiger partial charge in [0.1, 0.15) is 0 Å². The van der Waals surface area contributed by atoms with Gasteiger partial charge in [0.05, 0.1) is 12.2 Å². The Morgan fingerprint density at radius 3 is 2.38 bits per heavy atom. The van der Waals surface area contributed by atoms with E-state index >= 15 is 0 Å². The molecule has 0 aliphatic carbocycles. The molecule has 4 nitrogen and oxygen atoms in total. The van der Waals surface area contributed by atoms with E-state index in [0.29, 0.717) is 22.9 Å². The molecule has 0 bridgehead atoms. The molecule has 0 saturated heterocycles. The molecule has 0 fully saturated rings. The van der Waals surface area contributed by atoms with E-state index < -0.39 is 5.97 Å². The van der Waals surface area contributed by atoms with Crippen molar-refractivity contribution in [2.75, 3.05) is 6.61 Å². The Kier molecular flexibility index (Phi) is 4.75. The molecule has 0 spiro atoms. The Balaban J connectivity index is 2.16. The molecule has 0 saturated carbocycles. The summed E-state index contributed by atoms with van der Waals surface area (Å²) in [6.07, 6.45) is 3.35. The van der Waals surface area contributed by atoms with Crippen molar-refractivity contribution in [1.82, 2.24) is 4.57 Å². The van der Waals surface area contributed by atoms with Gasteiger partial charge < -0.3 is 4.74 Å². The van der Waals surface area contributed by atoms with E-state index in [0.717, 1.165) is 18.5 Å². The Morgan fingerprint density at radius 2 is 1.67 bits per heavy atom. The van der Waals surface area contributed by atoms with Gasteiger partial charge in [0.15, 0.2) is 0 Å². The van der Waals surface area contributed by atoms with Crippen molar-refractivity contribution in [1.29, 1.82) is 0 Å². The number of unbranched alkanes of at least 4 members (excludes halogenated alkanes) is 1. The predicted molar refractivity (Wildman–Crippen MR) is 94.7 cm³/mol. The molecule has 1 aromatic heterocycles. The van der Waals surface area contributed by atoms with Crippen molar-refractivity contribution >= 4 is 16.7 Å². The first-order valence-corrected chi connectivity index (χ1v) is 8.09. The number of benzene rings is 2. The fourth-order valence-electron chi connectivity index (χ4n) is 2.62. The van der Waals surface area contributed by atoms with Gasteiger partial charge in [-0.15, -0.1) is 0 Å². The summed E-state index contributed by atoms with van der Waals surface area (Å²) in [6, 6.07) is 16.4. The average molecular weight is 321 g/mol. The first-order valence-electron chi connectivity index (χ1n) is 8.09. The zero-order valence-corrected chi connectivity index (χ0v) is 13.6. The number of ether oxygens (including phenoxy) is 1. The van der Waals surface area contributed by atoms with E-state index in [1.54, 1.807) is 24.4 Å². The van der Waals surface area contributed by atoms with E-state index in [2.05, 4.69) is 0 Å². The van der Waals surface area contributed by atoms with Gasteiger partial charge in [0.25, 0.3) is 5.56 Å². The fraction of sp³-hybridized carbons (Fsp3) is 0.200. The standard InChI is InChI=1S/C20H19NO3/c1-2-3-13-24-20(23)18-14-21(15-9-5-4-6-10-15)19(22)17-12-8-7-11-16(17)18/h4-12,14H,2-3,13H2,1H3. The second kappa shape index (κ2) is 7.13. The largest absolute Gasteiger partial charge is 0.462 e. The number of rotatable bonds is 5. The minimum absolute atomic E-state index is 0.151. The third-order valence-corrected chi connectivity index (χ3v) is 3.91. The smallest absolute Gasteiger partial charge is 0.340 e. The molecule has 0 aliphatic heterocycles. The number of pyridine rings is 1. The van der Waals surface area contributed by atoms with Crippen LogP contribution in [0.5, 0.6) is 0 Å². The maximum absolute atomic E-state index is 12.8. The van der Waals surface area contributed by atoms with E-state index in [1.807, 2.05) is 43.3 Å². The van der Waals surface area contributed by atoms with Crippen LogP contribution in [0, 0.1) is 0 Å². The number of para-hydroxylation sites is 1. The number of aromatic nitrogens is 1. The van der Waals surface area contributed by atoms with Crippen LogP contribution < -0.4 is 5.56 Å². The van der Waals surface area contributed by atoms with Crippen molar-refractivity contribution in [3.63, 3.8) is 0 Å². The summed E-state index contributed by atoms with van der Waals surface area (Å²) in [4.78, 5) is 25.3. The summed E-state index contributed by atoms with van der Waals surface area (Å²) in [5, 5.41) is 1.13. The number of hydrogen-bond donors (Lipinski definition) is 0. The minimum atomic E-state index is -0.399. The maximum atomic E-state index is 12.8. The summed E-state index contributed by atoms with van der Waals surface area (Å²) in [6.45, 7) is 2.42. The van der Waals surface area contributed by atoms with Crippen LogP contribution in [0.15, 0.2) is 65.6 Å². The van der Waals surface area contributed by atoms with Gasteiger partial charge in [-0.05, 0) is 24.6 Å². The molecule has 3 rings (SSSR count). The molecule has 3 aromatic rings. The molecule has 0 atom stereocenters. The molecule has 1 heterocycles. The second-order valence-corrected chi connectivity index (χ2v) is 5.59. The van der Waals surface area contributed by atoms with Crippen molar-refractivity contribution < 1.29 is 9.53 Å². The number of esters is 1. The topological polar surface area (TPSA) is 48.3 Å². The molecule has 0 unspecified atom stereocenters. The van der Waals surface area contributed by atoms with Gasteiger partial charge in [-0.1, -0.05) is 49.7 Å². The molecule has 0 amide bonds. The summed E-state index contributed by atoms with van der Waals surface area (Å²) >= 11 is 0. The van der Waals surface area contributed by atoms with Gasteiger partial charge in [-0.3, -0.25) is 9.36 Å². The fourth-order valence-corrected chi connectivity index (χ4v) is 2.62. The van der Waals surface area contributed by atoms with Gasteiger partial charge in [0, 0.05) is 22.7 Å². The monoisotopic (exact) mass is 321 g/mol. The Hall–Kier alpha value is -2.88. The highest BCUT2D eigenvalue weighted by atomic mass is 16.5. The normalized spacial score (nSPS) is 10.7. The number of nitrogens with zero attached hydrogens (tertiary/aromatic N) is 1. The van der Waals surface area contributed by atoms with Crippen LogP contribution in [0.1, 0.15) is 30.1 Å². The van der Waals surface area contributed by atoms with E-state index in [1.165, 1.54) is 4.57 Å². The van der Waals surface area contributed by atoms with Crippen LogP contribution in [0.25, 0.3) is 16.5 Å². The summed E-state index contributed by atoms with van der Waals surface area (Å²) < 4.78 is 6.85. The average Bonchev–Trinajstić information content (AvgIpc) is 2.63. The van der Waals surface area contributed by atoms with Crippen molar-refractivity contribution in [2.45, 2.75) is 19.8 Å². The molecule has 0 aliphatic rings. The van der Waals surface area contributed by atoms with Gasteiger partial charge in [0.2, 0.25) is 0 Å². The second-order valence-electron chi connectivity index (χ2n) is 5.59. The van der Waals surface area contributed by atoms with E-state index in [4.69, 9.17) is 4.74 Å². The first kappa shape index (κ1) is 16.0. The summed E-state index contributed by atoms with van der Waals surface area (Å²) in [5.74, 6) is -0.399. The van der Waals surface area contributed by atoms with Crippen LogP contribution in [0.2, 0.25) is 0 Å². The highest BCUT2D eigenvalue weighted by Gasteiger charge is 2.16. The third-order valence-electron chi connectivity index (χ3n) is 3.91. The third kappa shape index (κ3) is 3.08. The molecule has 24 heavy (non-hydrogen) atoms. The number of hydrogen-bond acceptors (Lipinski definition) is 3. The van der Waals surface area contributed by atoms with Crippen LogP contribution in [0.3, 0.4) is 0 Å². The van der Waals surface area contributed by atoms with Gasteiger partial charge in [-0.25, -0.2) is 4.79 Å². The van der Waals surface area contributed by atoms with E-state index in [-0.39, 0.29) is 5.56 Å². The SMILES string of the molecule is CCCCOC(=O)c1cn(-c2ccccc2)c(=O)c2ccccc12. The summed E-state index contributed by atoms with van der Waals surface area (Å²) in [7, 11) is 0. The van der Waals surface area contributed by atoms with Crippen molar-refractivity contribution in [2.24, 2.45) is 0 Å². The van der Waals surface area contributed by atoms with Crippen LogP contribution in [0.4, 0.5) is 0 Å². The zero-order valence-electron chi connectivity index (χ0n) is 13.6. The van der Waals surface area contributed by atoms with Crippen LogP contribution >= 0.6 is 0 Å². The lowest BCUT2D eigenvalue weighted by Crippen LogP contribution is -2.21. The highest BCUT2D eigenvalue weighted by Crippen LogP contribution is 2.18. The van der Waals surface area contributed by atoms with E-state index in [9.17, 15) is 9.59 Å². The number of carbonyl (C=O) groups is 1. The van der Waals surface area contributed by atoms with Crippen LogP contribution in [-0.4, -0.2) is 17.1 Å². The minimum Gasteiger partial charge on any atom is -0.462 e. The molecule has 122 valence electrons. The molecular formula is C20H19NO3. The quantitative estimate of drug-likeness (QED) is 0.528. The van der Waals surface area contributed by atoms with Gasteiger partial charge in [-0.2, -0.15) is 0 Å². The van der Waals surface area contributed by atoms with Crippen molar-refractivity contribution in [3.8, 4) is 5.69 Å². The first-order chi connectivity index (χ1) is 11.7.